The molecule has 2 aromatic rings. The van der Waals surface area contributed by atoms with Gasteiger partial charge in [-0.15, -0.1) is 0 Å². The van der Waals surface area contributed by atoms with E-state index in [-0.39, 0.29) is 11.4 Å². The topological polar surface area (TPSA) is 41.1 Å². The maximum atomic E-state index is 12.0. The number of nitrogens with one attached hydrogen (secondary N) is 2. The molecule has 1 saturated carbocycles. The normalized spacial score (nSPS) is 15.1. The monoisotopic (exact) mass is 294 g/mol. The molecule has 1 aliphatic rings. The molecule has 0 aliphatic heterocycles. The minimum atomic E-state index is -0.0922. The first-order chi connectivity index (χ1) is 10.7. The van der Waals surface area contributed by atoms with Crippen LogP contribution < -0.4 is 10.6 Å². The zero-order chi connectivity index (χ0) is 15.4. The molecule has 3 heteroatoms. The number of benzene rings is 2. The minimum absolute atomic E-state index is 0.0922. The van der Waals surface area contributed by atoms with Gasteiger partial charge in [0.1, 0.15) is 0 Å². The number of hydrogen-bond donors (Lipinski definition) is 2. The van der Waals surface area contributed by atoms with E-state index in [0.717, 1.165) is 18.4 Å². The van der Waals surface area contributed by atoms with Gasteiger partial charge >= 0.3 is 6.03 Å². The van der Waals surface area contributed by atoms with Crippen molar-refractivity contribution in [2.45, 2.75) is 31.7 Å². The number of aryl methyl sites for hydroxylation is 1. The van der Waals surface area contributed by atoms with E-state index in [0.29, 0.717) is 13.1 Å². The average molecular weight is 294 g/mol. The lowest BCUT2D eigenvalue weighted by Crippen LogP contribution is -2.39. The molecular weight excluding hydrogens is 272 g/mol. The van der Waals surface area contributed by atoms with Crippen LogP contribution in [0.3, 0.4) is 0 Å². The van der Waals surface area contributed by atoms with Gasteiger partial charge in [-0.05, 0) is 36.5 Å². The molecule has 1 aliphatic carbocycles. The van der Waals surface area contributed by atoms with Crippen molar-refractivity contribution in [1.29, 1.82) is 0 Å². The first-order valence-electron chi connectivity index (χ1n) is 7.81. The van der Waals surface area contributed by atoms with Gasteiger partial charge in [-0.25, -0.2) is 4.79 Å². The Morgan fingerprint density at radius 2 is 1.68 bits per heavy atom. The molecule has 0 unspecified atom stereocenters. The second-order valence-corrected chi connectivity index (χ2v) is 6.11. The molecule has 0 atom stereocenters. The van der Waals surface area contributed by atoms with Crippen LogP contribution in [0.5, 0.6) is 0 Å². The summed E-state index contributed by atoms with van der Waals surface area (Å²) in [4.78, 5) is 12.0. The van der Waals surface area contributed by atoms with Crippen LogP contribution in [0.4, 0.5) is 4.79 Å². The van der Waals surface area contributed by atoms with Crippen LogP contribution in [0.15, 0.2) is 54.6 Å². The van der Waals surface area contributed by atoms with Gasteiger partial charge in [0.15, 0.2) is 0 Å². The number of carbonyl (C=O) groups excluding carboxylic acids is 1. The van der Waals surface area contributed by atoms with Gasteiger partial charge in [0.05, 0.1) is 0 Å². The number of amides is 2. The van der Waals surface area contributed by atoms with E-state index in [1.807, 2.05) is 24.3 Å². The highest BCUT2D eigenvalue weighted by Crippen LogP contribution is 2.47. The third kappa shape index (κ3) is 3.30. The van der Waals surface area contributed by atoms with E-state index in [2.05, 4.69) is 47.9 Å². The minimum Gasteiger partial charge on any atom is -0.337 e. The molecule has 3 nitrogen and oxygen atoms in total. The predicted octanol–water partition coefficient (Wildman–Crippen LogP) is 3.53. The maximum Gasteiger partial charge on any atom is 0.315 e. The van der Waals surface area contributed by atoms with Crippen molar-refractivity contribution in [1.82, 2.24) is 10.6 Å². The van der Waals surface area contributed by atoms with Gasteiger partial charge in [-0.1, -0.05) is 54.6 Å². The Morgan fingerprint density at radius 3 is 2.36 bits per heavy atom. The number of urea groups is 1. The highest BCUT2D eigenvalue weighted by Gasteiger charge is 2.44. The van der Waals surface area contributed by atoms with Crippen molar-refractivity contribution >= 4 is 6.03 Å². The quantitative estimate of drug-likeness (QED) is 0.870. The zero-order valence-electron chi connectivity index (χ0n) is 12.9. The molecular formula is C19H22N2O. The highest BCUT2D eigenvalue weighted by atomic mass is 16.2. The lowest BCUT2D eigenvalue weighted by atomic mass is 9.96. The molecule has 2 N–H and O–H groups in total. The maximum absolute atomic E-state index is 12.0. The molecule has 0 radical (unpaired) electrons. The lowest BCUT2D eigenvalue weighted by Gasteiger charge is -2.17. The molecule has 1 fully saturated rings. The van der Waals surface area contributed by atoms with Crippen LogP contribution in [0.1, 0.15) is 29.5 Å². The molecule has 22 heavy (non-hydrogen) atoms. The Balaban J connectivity index is 1.50. The summed E-state index contributed by atoms with van der Waals surface area (Å²) in [6.07, 6.45) is 2.30. The number of rotatable bonds is 5. The Morgan fingerprint density at radius 1 is 1.00 bits per heavy atom. The fourth-order valence-corrected chi connectivity index (χ4v) is 2.81. The highest BCUT2D eigenvalue weighted by molar-refractivity contribution is 5.74. The molecule has 0 bridgehead atoms. The van der Waals surface area contributed by atoms with Crippen LogP contribution in [-0.2, 0) is 12.0 Å². The number of hydrogen-bond acceptors (Lipinski definition) is 1. The second kappa shape index (κ2) is 6.22. The molecule has 2 amide bonds. The molecule has 0 saturated heterocycles. The standard InChI is InChI=1S/C19H22N2O/c1-15-7-5-6-8-16(15)13-20-18(22)21-14-19(11-12-19)17-9-3-2-4-10-17/h2-10H,11-14H2,1H3,(H2,20,21,22). The summed E-state index contributed by atoms with van der Waals surface area (Å²) in [6, 6.07) is 18.5. The van der Waals surface area contributed by atoms with Crippen LogP contribution in [-0.4, -0.2) is 12.6 Å². The van der Waals surface area contributed by atoms with E-state index >= 15 is 0 Å². The molecule has 0 aromatic heterocycles. The Labute approximate surface area is 131 Å². The van der Waals surface area contributed by atoms with Crippen molar-refractivity contribution in [2.24, 2.45) is 0 Å². The molecule has 2 aromatic carbocycles. The van der Waals surface area contributed by atoms with Gasteiger partial charge in [-0.3, -0.25) is 0 Å². The van der Waals surface area contributed by atoms with Crippen molar-refractivity contribution in [3.05, 3.63) is 71.3 Å². The Bertz CT molecular complexity index is 647. The smallest absolute Gasteiger partial charge is 0.315 e. The van der Waals surface area contributed by atoms with Crippen LogP contribution >= 0.6 is 0 Å². The van der Waals surface area contributed by atoms with Crippen molar-refractivity contribution in [3.63, 3.8) is 0 Å². The third-order valence-electron chi connectivity index (χ3n) is 4.53. The Hall–Kier alpha value is -2.29. The molecule has 3 rings (SSSR count). The fourth-order valence-electron chi connectivity index (χ4n) is 2.81. The first kappa shape index (κ1) is 14.6. The van der Waals surface area contributed by atoms with E-state index in [1.165, 1.54) is 11.1 Å². The zero-order valence-corrected chi connectivity index (χ0v) is 12.9. The van der Waals surface area contributed by atoms with Gasteiger partial charge in [-0.2, -0.15) is 0 Å². The summed E-state index contributed by atoms with van der Waals surface area (Å²) in [5.74, 6) is 0. The van der Waals surface area contributed by atoms with E-state index in [9.17, 15) is 4.79 Å². The van der Waals surface area contributed by atoms with E-state index < -0.39 is 0 Å². The second-order valence-electron chi connectivity index (χ2n) is 6.11. The predicted molar refractivity (Wildman–Crippen MR) is 88.8 cm³/mol. The van der Waals surface area contributed by atoms with Gasteiger partial charge < -0.3 is 10.6 Å². The summed E-state index contributed by atoms with van der Waals surface area (Å²) in [6.45, 7) is 3.33. The SMILES string of the molecule is Cc1ccccc1CNC(=O)NCC1(c2ccccc2)CC1. The van der Waals surface area contributed by atoms with Gasteiger partial charge in [0.25, 0.3) is 0 Å². The van der Waals surface area contributed by atoms with Crippen LogP contribution in [0.2, 0.25) is 0 Å². The number of carbonyl (C=O) groups is 1. The summed E-state index contributed by atoms with van der Waals surface area (Å²) in [7, 11) is 0. The van der Waals surface area contributed by atoms with Crippen molar-refractivity contribution in [2.75, 3.05) is 6.54 Å². The summed E-state index contributed by atoms with van der Waals surface area (Å²) in [5, 5.41) is 5.97. The third-order valence-corrected chi connectivity index (χ3v) is 4.53. The fraction of sp³-hybridized carbons (Fsp3) is 0.316. The first-order valence-corrected chi connectivity index (χ1v) is 7.81. The van der Waals surface area contributed by atoms with Gasteiger partial charge in [0.2, 0.25) is 0 Å². The average Bonchev–Trinajstić information content (AvgIpc) is 3.34. The molecule has 0 spiro atoms. The largest absolute Gasteiger partial charge is 0.337 e. The summed E-state index contributed by atoms with van der Waals surface area (Å²) < 4.78 is 0. The van der Waals surface area contributed by atoms with Crippen molar-refractivity contribution in [3.8, 4) is 0 Å². The van der Waals surface area contributed by atoms with E-state index in [1.54, 1.807) is 0 Å². The van der Waals surface area contributed by atoms with Crippen LogP contribution in [0.25, 0.3) is 0 Å². The van der Waals surface area contributed by atoms with Crippen LogP contribution in [0, 0.1) is 6.92 Å². The van der Waals surface area contributed by atoms with Gasteiger partial charge in [0, 0.05) is 18.5 Å². The van der Waals surface area contributed by atoms with Crippen molar-refractivity contribution < 1.29 is 4.79 Å². The summed E-state index contributed by atoms with van der Waals surface area (Å²) >= 11 is 0. The van der Waals surface area contributed by atoms with E-state index in [4.69, 9.17) is 0 Å². The summed E-state index contributed by atoms with van der Waals surface area (Å²) in [5.41, 5.74) is 3.84. The molecule has 114 valence electrons. The lowest BCUT2D eigenvalue weighted by molar-refractivity contribution is 0.239. The molecule has 0 heterocycles. The Kier molecular flexibility index (Phi) is 4.14.